The fraction of sp³-hybridized carbons (Fsp3) is 0.316. The van der Waals surface area contributed by atoms with Crippen LogP contribution >= 0.6 is 11.6 Å². The van der Waals surface area contributed by atoms with Crippen molar-refractivity contribution in [3.05, 3.63) is 48.0 Å². The molecular weight excluding hydrogens is 352 g/mol. The Morgan fingerprint density at radius 2 is 2.12 bits per heavy atom. The lowest BCUT2D eigenvalue weighted by atomic mass is 10.0. The molecule has 1 aliphatic rings. The van der Waals surface area contributed by atoms with Gasteiger partial charge in [-0.05, 0) is 37.5 Å². The van der Waals surface area contributed by atoms with Crippen molar-refractivity contribution in [1.29, 1.82) is 0 Å². The van der Waals surface area contributed by atoms with Crippen LogP contribution in [0.3, 0.4) is 0 Å². The molecule has 0 aliphatic carbocycles. The average Bonchev–Trinajstić information content (AvgIpc) is 3.04. The number of hydrogen-bond acceptors (Lipinski definition) is 4. The molecule has 1 saturated heterocycles. The minimum absolute atomic E-state index is 0.275. The maximum atomic E-state index is 11.3. The lowest BCUT2D eigenvalue weighted by Gasteiger charge is -2.23. The van der Waals surface area contributed by atoms with Crippen molar-refractivity contribution >= 4 is 34.3 Å². The van der Waals surface area contributed by atoms with E-state index in [-0.39, 0.29) is 5.92 Å². The number of carbonyl (C=O) groups is 1. The van der Waals surface area contributed by atoms with E-state index in [1.807, 2.05) is 35.0 Å². The highest BCUT2D eigenvalue weighted by molar-refractivity contribution is 6.31. The van der Waals surface area contributed by atoms with E-state index in [0.29, 0.717) is 24.4 Å². The molecule has 1 N–H and O–H groups in total. The third kappa shape index (κ3) is 3.24. The van der Waals surface area contributed by atoms with E-state index in [9.17, 15) is 9.90 Å². The molecule has 1 aromatic carbocycles. The number of fused-ring (bicyclic) bond motifs is 1. The molecule has 0 bridgehead atoms. The van der Waals surface area contributed by atoms with Crippen LogP contribution in [-0.2, 0) is 4.79 Å². The summed E-state index contributed by atoms with van der Waals surface area (Å²) in [5, 5.41) is 10.9. The van der Waals surface area contributed by atoms with Gasteiger partial charge in [0.15, 0.2) is 0 Å². The van der Waals surface area contributed by atoms with Crippen LogP contribution in [0, 0.1) is 5.92 Å². The first-order chi connectivity index (χ1) is 12.6. The number of pyridine rings is 1. The number of rotatable bonds is 3. The van der Waals surface area contributed by atoms with E-state index >= 15 is 0 Å². The van der Waals surface area contributed by atoms with Crippen molar-refractivity contribution < 1.29 is 9.90 Å². The Balaban J connectivity index is 1.77. The monoisotopic (exact) mass is 370 g/mol. The number of carboxylic acid groups (broad SMARTS) is 1. The highest BCUT2D eigenvalue weighted by Gasteiger charge is 2.23. The van der Waals surface area contributed by atoms with Crippen LogP contribution in [0.5, 0.6) is 0 Å². The van der Waals surface area contributed by atoms with Crippen LogP contribution < -0.4 is 4.90 Å². The molecule has 0 amide bonds. The Hall–Kier alpha value is -2.60. The Labute approximate surface area is 156 Å². The first-order valence-electron chi connectivity index (χ1n) is 8.68. The smallest absolute Gasteiger partial charge is 0.306 e. The van der Waals surface area contributed by atoms with Crippen LogP contribution in [0.2, 0.25) is 5.02 Å². The number of aromatic nitrogens is 3. The predicted octanol–water partition coefficient (Wildman–Crippen LogP) is 3.77. The molecule has 4 rings (SSSR count). The van der Waals surface area contributed by atoms with Crippen LogP contribution in [0.4, 0.5) is 5.82 Å². The second kappa shape index (κ2) is 6.96. The molecule has 2 aromatic heterocycles. The van der Waals surface area contributed by atoms with Crippen molar-refractivity contribution in [3.8, 4) is 5.69 Å². The van der Waals surface area contributed by atoms with Gasteiger partial charge in [0.2, 0.25) is 0 Å². The molecular formula is C19H19ClN4O2. The van der Waals surface area contributed by atoms with E-state index in [2.05, 4.69) is 9.88 Å². The van der Waals surface area contributed by atoms with Crippen LogP contribution in [0.25, 0.3) is 16.6 Å². The van der Waals surface area contributed by atoms with E-state index in [1.165, 1.54) is 0 Å². The number of nitrogens with zero attached hydrogens (tertiary/aromatic N) is 4. The number of aliphatic carboxylic acids is 1. The molecule has 1 aliphatic heterocycles. The van der Waals surface area contributed by atoms with Crippen molar-refractivity contribution in [3.63, 3.8) is 0 Å². The van der Waals surface area contributed by atoms with Crippen LogP contribution in [0.15, 0.2) is 43.0 Å². The van der Waals surface area contributed by atoms with E-state index in [1.54, 1.807) is 12.5 Å². The molecule has 0 radical (unpaired) electrons. The van der Waals surface area contributed by atoms with Crippen molar-refractivity contribution in [1.82, 2.24) is 14.5 Å². The molecule has 1 unspecified atom stereocenters. The first kappa shape index (κ1) is 16.8. The zero-order valence-electron chi connectivity index (χ0n) is 14.2. The molecule has 3 heterocycles. The number of carboxylic acids is 1. The zero-order chi connectivity index (χ0) is 18.1. The minimum Gasteiger partial charge on any atom is -0.481 e. The van der Waals surface area contributed by atoms with Crippen molar-refractivity contribution in [2.75, 3.05) is 18.0 Å². The first-order valence-corrected chi connectivity index (χ1v) is 9.06. The Bertz CT molecular complexity index is 942. The Morgan fingerprint density at radius 1 is 1.23 bits per heavy atom. The van der Waals surface area contributed by atoms with Gasteiger partial charge in [0, 0.05) is 42.0 Å². The fourth-order valence-electron chi connectivity index (χ4n) is 3.52. The average molecular weight is 371 g/mol. The highest BCUT2D eigenvalue weighted by Crippen LogP contribution is 2.30. The van der Waals surface area contributed by atoms with Gasteiger partial charge in [0.05, 0.1) is 23.4 Å². The molecule has 1 fully saturated rings. The fourth-order valence-corrected chi connectivity index (χ4v) is 3.69. The minimum atomic E-state index is -0.704. The molecule has 0 spiro atoms. The van der Waals surface area contributed by atoms with Gasteiger partial charge < -0.3 is 14.6 Å². The summed E-state index contributed by atoms with van der Waals surface area (Å²) >= 11 is 6.18. The maximum absolute atomic E-state index is 11.3. The molecule has 134 valence electrons. The third-order valence-electron chi connectivity index (χ3n) is 4.92. The summed E-state index contributed by atoms with van der Waals surface area (Å²) in [4.78, 5) is 22.4. The number of anilines is 1. The highest BCUT2D eigenvalue weighted by atomic mass is 35.5. The molecule has 7 heteroatoms. The summed E-state index contributed by atoms with van der Waals surface area (Å²) in [5.41, 5.74) is 1.80. The number of imidazole rings is 1. The number of hydrogen-bond donors (Lipinski definition) is 1. The molecule has 1 atom stereocenters. The maximum Gasteiger partial charge on any atom is 0.306 e. The molecule has 26 heavy (non-hydrogen) atoms. The van der Waals surface area contributed by atoms with E-state index in [0.717, 1.165) is 35.4 Å². The van der Waals surface area contributed by atoms with E-state index in [4.69, 9.17) is 16.6 Å². The van der Waals surface area contributed by atoms with Crippen molar-refractivity contribution in [2.45, 2.75) is 19.3 Å². The second-order valence-corrected chi connectivity index (χ2v) is 7.02. The number of halogens is 1. The van der Waals surface area contributed by atoms with Crippen LogP contribution in [-0.4, -0.2) is 38.7 Å². The summed E-state index contributed by atoms with van der Waals surface area (Å²) in [6.07, 6.45) is 7.58. The lowest BCUT2D eigenvalue weighted by Crippen LogP contribution is -2.26. The van der Waals surface area contributed by atoms with Gasteiger partial charge in [-0.2, -0.15) is 0 Å². The SMILES string of the molecule is O=C(O)C1CCCN(c2cc(-n3ccnc3)c3ccc(Cl)cc3n2)CC1. The Kier molecular flexibility index (Phi) is 4.51. The quantitative estimate of drug-likeness (QED) is 0.760. The topological polar surface area (TPSA) is 71.2 Å². The summed E-state index contributed by atoms with van der Waals surface area (Å²) < 4.78 is 1.96. The standard InChI is InChI=1S/C19H19ClN4O2/c20-14-3-4-15-16(10-14)22-18(11-17(15)24-9-6-21-12-24)23-7-1-2-13(5-8-23)19(25)26/h3-4,6,9-13H,1-2,5,7-8H2,(H,25,26). The molecule has 3 aromatic rings. The summed E-state index contributed by atoms with van der Waals surface area (Å²) in [5.74, 6) is -0.137. The lowest BCUT2D eigenvalue weighted by molar-refractivity contribution is -0.142. The predicted molar refractivity (Wildman–Crippen MR) is 101 cm³/mol. The van der Waals surface area contributed by atoms with Gasteiger partial charge in [0.25, 0.3) is 0 Å². The van der Waals surface area contributed by atoms with Gasteiger partial charge in [-0.15, -0.1) is 0 Å². The summed E-state index contributed by atoms with van der Waals surface area (Å²) in [6.45, 7) is 1.48. The van der Waals surface area contributed by atoms with Gasteiger partial charge in [-0.25, -0.2) is 9.97 Å². The molecule has 6 nitrogen and oxygen atoms in total. The number of benzene rings is 1. The van der Waals surface area contributed by atoms with Gasteiger partial charge in [-0.3, -0.25) is 4.79 Å². The third-order valence-corrected chi connectivity index (χ3v) is 5.16. The van der Waals surface area contributed by atoms with Gasteiger partial charge in [-0.1, -0.05) is 11.6 Å². The van der Waals surface area contributed by atoms with Gasteiger partial charge in [0.1, 0.15) is 5.82 Å². The largest absolute Gasteiger partial charge is 0.481 e. The zero-order valence-corrected chi connectivity index (χ0v) is 14.9. The second-order valence-electron chi connectivity index (χ2n) is 6.58. The normalized spacial score (nSPS) is 18.0. The van der Waals surface area contributed by atoms with E-state index < -0.39 is 5.97 Å². The van der Waals surface area contributed by atoms with Crippen molar-refractivity contribution in [2.24, 2.45) is 5.92 Å². The van der Waals surface area contributed by atoms with Crippen LogP contribution in [0.1, 0.15) is 19.3 Å². The summed E-state index contributed by atoms with van der Waals surface area (Å²) in [6, 6.07) is 7.72. The summed E-state index contributed by atoms with van der Waals surface area (Å²) in [7, 11) is 0. The Morgan fingerprint density at radius 3 is 2.88 bits per heavy atom. The molecule has 0 saturated carbocycles. The van der Waals surface area contributed by atoms with Gasteiger partial charge >= 0.3 is 5.97 Å².